The second-order valence-corrected chi connectivity index (χ2v) is 10.1. The van der Waals surface area contributed by atoms with Crippen molar-refractivity contribution in [1.29, 1.82) is 0 Å². The van der Waals surface area contributed by atoms with Crippen molar-refractivity contribution in [3.05, 3.63) is 125 Å². The Labute approximate surface area is 240 Å². The van der Waals surface area contributed by atoms with E-state index in [1.54, 1.807) is 18.2 Å². The Morgan fingerprint density at radius 2 is 1.62 bits per heavy atom. The van der Waals surface area contributed by atoms with Crippen molar-refractivity contribution >= 4 is 33.4 Å². The SMILES string of the molecule is Cc1nnc2c3cc(-c4ccccc4)c(-c4ccc(CNC(=O)Cn5cnc6ccccc6c5=O)cc4)nc3ccn12. The maximum absolute atomic E-state index is 12.7. The molecule has 4 aromatic heterocycles. The fourth-order valence-electron chi connectivity index (χ4n) is 5.18. The number of amides is 1. The number of rotatable bonds is 6. The number of aromatic nitrogens is 6. The zero-order valence-corrected chi connectivity index (χ0v) is 22.7. The number of carbonyl (C=O) groups is 1. The summed E-state index contributed by atoms with van der Waals surface area (Å²) in [6.45, 7) is 2.15. The van der Waals surface area contributed by atoms with Gasteiger partial charge in [-0.25, -0.2) is 9.97 Å². The van der Waals surface area contributed by atoms with Gasteiger partial charge in [-0.05, 0) is 42.3 Å². The van der Waals surface area contributed by atoms with E-state index in [2.05, 4.69) is 38.7 Å². The van der Waals surface area contributed by atoms with Crippen LogP contribution in [0.5, 0.6) is 0 Å². The summed E-state index contributed by atoms with van der Waals surface area (Å²) in [5.41, 5.74) is 6.76. The molecule has 1 N–H and O–H groups in total. The van der Waals surface area contributed by atoms with Crippen LogP contribution in [-0.2, 0) is 17.9 Å². The first-order chi connectivity index (χ1) is 20.5. The Balaban J connectivity index is 1.15. The molecule has 0 bridgehead atoms. The Hall–Kier alpha value is -5.70. The van der Waals surface area contributed by atoms with Crippen molar-refractivity contribution in [1.82, 2.24) is 34.4 Å². The van der Waals surface area contributed by atoms with E-state index in [-0.39, 0.29) is 18.0 Å². The van der Waals surface area contributed by atoms with Gasteiger partial charge in [0.1, 0.15) is 12.4 Å². The molecule has 0 aliphatic carbocycles. The number of fused-ring (bicyclic) bond motifs is 4. The topological polar surface area (TPSA) is 107 Å². The lowest BCUT2D eigenvalue weighted by Crippen LogP contribution is -2.32. The first kappa shape index (κ1) is 25.3. The molecule has 1 amide bonds. The van der Waals surface area contributed by atoms with Crippen LogP contribution in [0.4, 0.5) is 0 Å². The molecule has 7 aromatic rings. The van der Waals surface area contributed by atoms with Crippen molar-refractivity contribution in [2.45, 2.75) is 20.0 Å². The third-order valence-electron chi connectivity index (χ3n) is 7.39. The number of para-hydroxylation sites is 1. The summed E-state index contributed by atoms with van der Waals surface area (Å²) in [7, 11) is 0. The molecule has 0 unspecified atom stereocenters. The van der Waals surface area contributed by atoms with Crippen LogP contribution in [-0.4, -0.2) is 35.0 Å². The number of aryl methyl sites for hydroxylation is 1. The molecule has 0 radical (unpaired) electrons. The first-order valence-corrected chi connectivity index (χ1v) is 13.6. The summed E-state index contributed by atoms with van der Waals surface area (Å²) >= 11 is 0. The first-order valence-electron chi connectivity index (χ1n) is 13.6. The fraction of sp³-hybridized carbons (Fsp3) is 0.0909. The second-order valence-electron chi connectivity index (χ2n) is 10.1. The number of nitrogens with zero attached hydrogens (tertiary/aromatic N) is 6. The minimum Gasteiger partial charge on any atom is -0.350 e. The maximum Gasteiger partial charge on any atom is 0.261 e. The highest BCUT2D eigenvalue weighted by atomic mass is 16.2. The normalized spacial score (nSPS) is 11.4. The van der Waals surface area contributed by atoms with Crippen LogP contribution in [0.15, 0.2) is 108 Å². The third kappa shape index (κ3) is 4.56. The van der Waals surface area contributed by atoms with Gasteiger partial charge in [-0.15, -0.1) is 10.2 Å². The summed E-state index contributed by atoms with van der Waals surface area (Å²) in [6, 6.07) is 29.4. The molecule has 9 nitrogen and oxygen atoms in total. The smallest absolute Gasteiger partial charge is 0.261 e. The highest BCUT2D eigenvalue weighted by Crippen LogP contribution is 2.34. The van der Waals surface area contributed by atoms with Crippen LogP contribution < -0.4 is 10.9 Å². The minimum absolute atomic E-state index is 0.102. The monoisotopic (exact) mass is 551 g/mol. The number of hydrogen-bond donors (Lipinski definition) is 1. The minimum atomic E-state index is -0.268. The summed E-state index contributed by atoms with van der Waals surface area (Å²) in [5, 5.41) is 13.0. The summed E-state index contributed by atoms with van der Waals surface area (Å²) in [5.74, 6) is 0.553. The van der Waals surface area contributed by atoms with Crippen LogP contribution in [0.1, 0.15) is 11.4 Å². The van der Waals surface area contributed by atoms with Crippen LogP contribution in [0.2, 0.25) is 0 Å². The van der Waals surface area contributed by atoms with Gasteiger partial charge in [0.2, 0.25) is 5.91 Å². The molecule has 0 aliphatic heterocycles. The third-order valence-corrected chi connectivity index (χ3v) is 7.39. The molecule has 4 heterocycles. The van der Waals surface area contributed by atoms with Gasteiger partial charge in [0, 0.05) is 29.3 Å². The number of carbonyl (C=O) groups excluding carboxylic acids is 1. The largest absolute Gasteiger partial charge is 0.350 e. The lowest BCUT2D eigenvalue weighted by molar-refractivity contribution is -0.121. The zero-order valence-electron chi connectivity index (χ0n) is 22.7. The van der Waals surface area contributed by atoms with Gasteiger partial charge in [0.25, 0.3) is 5.56 Å². The van der Waals surface area contributed by atoms with Gasteiger partial charge in [-0.2, -0.15) is 0 Å². The molecule has 7 rings (SSSR count). The zero-order chi connectivity index (χ0) is 28.6. The van der Waals surface area contributed by atoms with Crippen molar-refractivity contribution in [2.24, 2.45) is 0 Å². The predicted molar refractivity (Wildman–Crippen MR) is 162 cm³/mol. The highest BCUT2D eigenvalue weighted by molar-refractivity contribution is 5.98. The van der Waals surface area contributed by atoms with Crippen LogP contribution in [0, 0.1) is 6.92 Å². The van der Waals surface area contributed by atoms with Gasteiger partial charge < -0.3 is 5.32 Å². The van der Waals surface area contributed by atoms with E-state index in [0.717, 1.165) is 50.3 Å². The van der Waals surface area contributed by atoms with Crippen molar-refractivity contribution in [2.75, 3.05) is 0 Å². The molecule has 0 saturated carbocycles. The Morgan fingerprint density at radius 3 is 2.45 bits per heavy atom. The van der Waals surface area contributed by atoms with E-state index >= 15 is 0 Å². The van der Waals surface area contributed by atoms with E-state index in [1.165, 1.54) is 10.9 Å². The van der Waals surface area contributed by atoms with Gasteiger partial charge in [0.05, 0.1) is 28.4 Å². The molecule has 3 aromatic carbocycles. The molecule has 0 aliphatic rings. The molecular formula is C33H25N7O2. The second kappa shape index (κ2) is 10.4. The van der Waals surface area contributed by atoms with E-state index in [9.17, 15) is 9.59 Å². The van der Waals surface area contributed by atoms with Crippen LogP contribution in [0.25, 0.3) is 49.8 Å². The number of pyridine rings is 2. The molecule has 42 heavy (non-hydrogen) atoms. The van der Waals surface area contributed by atoms with Crippen molar-refractivity contribution in [3.63, 3.8) is 0 Å². The van der Waals surface area contributed by atoms with E-state index in [4.69, 9.17) is 4.98 Å². The van der Waals surface area contributed by atoms with Gasteiger partial charge in [-0.1, -0.05) is 66.7 Å². The fourth-order valence-corrected chi connectivity index (χ4v) is 5.18. The summed E-state index contributed by atoms with van der Waals surface area (Å²) in [4.78, 5) is 34.7. The Kier molecular flexibility index (Phi) is 6.24. The Morgan fingerprint density at radius 1 is 0.833 bits per heavy atom. The molecule has 9 heteroatoms. The molecule has 204 valence electrons. The van der Waals surface area contributed by atoms with Gasteiger partial charge in [0.15, 0.2) is 5.65 Å². The molecule has 0 spiro atoms. The van der Waals surface area contributed by atoms with E-state index < -0.39 is 0 Å². The average Bonchev–Trinajstić information content (AvgIpc) is 3.42. The van der Waals surface area contributed by atoms with Crippen molar-refractivity contribution in [3.8, 4) is 22.4 Å². The van der Waals surface area contributed by atoms with Gasteiger partial charge in [-0.3, -0.25) is 18.6 Å². The quantitative estimate of drug-likeness (QED) is 0.314. The van der Waals surface area contributed by atoms with Crippen LogP contribution >= 0.6 is 0 Å². The predicted octanol–water partition coefficient (Wildman–Crippen LogP) is 4.95. The number of benzene rings is 3. The van der Waals surface area contributed by atoms with Gasteiger partial charge >= 0.3 is 0 Å². The molecular weight excluding hydrogens is 526 g/mol. The number of nitrogens with one attached hydrogen (secondary N) is 1. The molecule has 0 fully saturated rings. The van der Waals surface area contributed by atoms with E-state index in [0.29, 0.717) is 17.4 Å². The maximum atomic E-state index is 12.7. The van der Waals surface area contributed by atoms with Crippen LogP contribution in [0.3, 0.4) is 0 Å². The lowest BCUT2D eigenvalue weighted by Gasteiger charge is -2.13. The number of hydrogen-bond acceptors (Lipinski definition) is 6. The standard InChI is InChI=1S/C33H25N7O2/c1-21-37-38-32-27-17-26(23-7-3-2-4-8-23)31(36-29(27)15-16-40(21)32)24-13-11-22(12-14-24)18-34-30(41)19-39-20-35-28-10-6-5-9-25(28)33(39)42/h2-17,20H,18-19H2,1H3,(H,34,41). The summed E-state index contributed by atoms with van der Waals surface area (Å²) < 4.78 is 3.29. The van der Waals surface area contributed by atoms with Crippen molar-refractivity contribution < 1.29 is 4.79 Å². The summed E-state index contributed by atoms with van der Waals surface area (Å²) in [6.07, 6.45) is 3.36. The Bertz CT molecular complexity index is 2170. The lowest BCUT2D eigenvalue weighted by atomic mass is 9.97. The molecule has 0 saturated heterocycles. The highest BCUT2D eigenvalue weighted by Gasteiger charge is 2.15. The average molecular weight is 552 g/mol. The molecule has 0 atom stereocenters. The van der Waals surface area contributed by atoms with E-state index in [1.807, 2.05) is 72.1 Å².